The summed E-state index contributed by atoms with van der Waals surface area (Å²) in [6.45, 7) is 0. The Kier molecular flexibility index (Phi) is 2.30. The van der Waals surface area contributed by atoms with E-state index in [2.05, 4.69) is 0 Å². The fraction of sp³-hybridized carbons (Fsp3) is 0.0769. The van der Waals surface area contributed by atoms with Gasteiger partial charge in [0.1, 0.15) is 0 Å². The van der Waals surface area contributed by atoms with Gasteiger partial charge in [0.2, 0.25) is 0 Å². The quantitative estimate of drug-likeness (QED) is 0.583. The largest absolute Gasteiger partial charge is 0.269 e. The number of benzene rings is 2. The average molecular weight is 215 g/mol. The van der Waals surface area contributed by atoms with E-state index in [0.29, 0.717) is 11.1 Å². The molecule has 0 spiro atoms. The van der Waals surface area contributed by atoms with Crippen LogP contribution in [0.1, 0.15) is 13.9 Å². The van der Waals surface area contributed by atoms with Gasteiger partial charge in [0.25, 0.3) is 5.69 Å². The highest BCUT2D eigenvalue weighted by atomic mass is 16.6. The highest BCUT2D eigenvalue weighted by Gasteiger charge is 2.03. The Labute approximate surface area is 96.3 Å². The fourth-order valence-corrected chi connectivity index (χ4v) is 1.35. The van der Waals surface area contributed by atoms with E-state index in [1.807, 2.05) is 6.07 Å². The van der Waals surface area contributed by atoms with Crippen LogP contribution in [0, 0.1) is 10.1 Å². The minimum Gasteiger partial charge on any atom is -0.258 e. The number of nitrogens with zero attached hydrogens (tertiary/aromatic N) is 1. The van der Waals surface area contributed by atoms with Crippen LogP contribution in [0.5, 0.6) is 0 Å². The molecule has 0 saturated carbocycles. The van der Waals surface area contributed by atoms with Crippen LogP contribution >= 0.6 is 0 Å². The van der Waals surface area contributed by atoms with Crippen molar-refractivity contribution in [2.45, 2.75) is 6.37 Å². The monoisotopic (exact) mass is 215 g/mol. The minimum atomic E-state index is -1.66. The van der Waals surface area contributed by atoms with E-state index in [4.69, 9.17) is 2.74 Å². The molecule has 3 heteroatoms. The first-order chi connectivity index (χ1) is 8.51. The molecule has 0 unspecified atom stereocenters. The van der Waals surface area contributed by atoms with Gasteiger partial charge in [0.05, 0.1) is 4.92 Å². The summed E-state index contributed by atoms with van der Waals surface area (Å²) in [7, 11) is 0. The first-order valence-corrected chi connectivity index (χ1v) is 4.82. The molecule has 2 aromatic carbocycles. The molecule has 0 saturated heterocycles. The molecule has 0 aliphatic rings. The maximum atomic E-state index is 10.5. The summed E-state index contributed by atoms with van der Waals surface area (Å²) in [4.78, 5) is 10.0. The molecular formula is C13H11NO2. The predicted octanol–water partition coefficient (Wildman–Crippen LogP) is 3.19. The van der Waals surface area contributed by atoms with E-state index in [0.717, 1.165) is 0 Å². The van der Waals surface area contributed by atoms with Crippen LogP contribution in [0.2, 0.25) is 0 Å². The zero-order valence-electron chi connectivity index (χ0n) is 10.5. The van der Waals surface area contributed by atoms with Crippen molar-refractivity contribution in [3.8, 4) is 0 Å². The van der Waals surface area contributed by atoms with Crippen LogP contribution in [0.3, 0.4) is 0 Å². The van der Waals surface area contributed by atoms with Crippen molar-refractivity contribution in [2.24, 2.45) is 0 Å². The number of non-ortho nitro benzene ring substituents is 1. The summed E-state index contributed by atoms with van der Waals surface area (Å²) in [5.74, 6) is 0. The van der Waals surface area contributed by atoms with E-state index in [1.165, 1.54) is 24.3 Å². The van der Waals surface area contributed by atoms with Crippen LogP contribution in [-0.4, -0.2) is 4.92 Å². The highest BCUT2D eigenvalue weighted by Crippen LogP contribution is 2.14. The topological polar surface area (TPSA) is 43.1 Å². The Hall–Kier alpha value is -2.16. The summed E-state index contributed by atoms with van der Waals surface area (Å²) in [6.07, 6.45) is -1.66. The molecule has 0 bridgehead atoms. The summed E-state index contributed by atoms with van der Waals surface area (Å²) < 4.78 is 16.2. The van der Waals surface area contributed by atoms with Crippen LogP contribution < -0.4 is 0 Å². The predicted molar refractivity (Wildman–Crippen MR) is 62.3 cm³/mol. The van der Waals surface area contributed by atoms with Gasteiger partial charge in [-0.2, -0.15) is 0 Å². The summed E-state index contributed by atoms with van der Waals surface area (Å²) in [5, 5.41) is 10.5. The number of hydrogen-bond acceptors (Lipinski definition) is 2. The third-order valence-corrected chi connectivity index (χ3v) is 2.14. The summed E-state index contributed by atoms with van der Waals surface area (Å²) in [6, 6.07) is 14.3. The second kappa shape index (κ2) is 4.57. The van der Waals surface area contributed by atoms with Crippen molar-refractivity contribution >= 4 is 5.69 Å². The maximum Gasteiger partial charge on any atom is 0.269 e. The van der Waals surface area contributed by atoms with Crippen LogP contribution in [0.4, 0.5) is 5.69 Å². The zero-order valence-corrected chi connectivity index (χ0v) is 8.46. The minimum absolute atomic E-state index is 0.0392. The van der Waals surface area contributed by atoms with Crippen LogP contribution in [-0.2, 0) is 6.37 Å². The highest BCUT2D eigenvalue weighted by molar-refractivity contribution is 5.35. The van der Waals surface area contributed by atoms with Crippen molar-refractivity contribution < 1.29 is 7.66 Å². The van der Waals surface area contributed by atoms with Gasteiger partial charge in [-0.3, -0.25) is 10.1 Å². The molecule has 3 nitrogen and oxygen atoms in total. The third-order valence-electron chi connectivity index (χ3n) is 2.14. The Morgan fingerprint density at radius 3 is 2.12 bits per heavy atom. The molecule has 0 aliphatic heterocycles. The Bertz CT molecular complexity index is 553. The van der Waals surface area contributed by atoms with Crippen molar-refractivity contribution in [1.82, 2.24) is 0 Å². The summed E-state index contributed by atoms with van der Waals surface area (Å²) >= 11 is 0. The van der Waals surface area contributed by atoms with Gasteiger partial charge in [-0.15, -0.1) is 0 Å². The molecular weight excluding hydrogens is 202 g/mol. The standard InChI is InChI=1S/C13H11NO2/c15-14(16)13-8-6-12(7-9-13)10-11-4-2-1-3-5-11/h1-9H,10H2/i10D2. The second-order valence-corrected chi connectivity index (χ2v) is 3.30. The smallest absolute Gasteiger partial charge is 0.258 e. The molecule has 2 rings (SSSR count). The molecule has 16 heavy (non-hydrogen) atoms. The maximum absolute atomic E-state index is 10.5. The summed E-state index contributed by atoms with van der Waals surface area (Å²) in [5.41, 5.74) is 0.890. The van der Waals surface area contributed by atoms with Crippen molar-refractivity contribution in [1.29, 1.82) is 0 Å². The Balaban J connectivity index is 2.39. The molecule has 0 fully saturated rings. The van der Waals surface area contributed by atoms with Gasteiger partial charge in [0.15, 0.2) is 0 Å². The van der Waals surface area contributed by atoms with Gasteiger partial charge in [-0.25, -0.2) is 0 Å². The second-order valence-electron chi connectivity index (χ2n) is 3.30. The number of rotatable bonds is 3. The lowest BCUT2D eigenvalue weighted by Crippen LogP contribution is -1.90. The van der Waals surface area contributed by atoms with Crippen molar-refractivity contribution in [2.75, 3.05) is 0 Å². The lowest BCUT2D eigenvalue weighted by molar-refractivity contribution is -0.384. The average Bonchev–Trinajstić information content (AvgIpc) is 2.40. The SMILES string of the molecule is [2H]C([2H])(c1ccccc1)c1ccc([N+](=O)[O-])cc1. The molecule has 0 aliphatic carbocycles. The van der Waals surface area contributed by atoms with Gasteiger partial charge >= 0.3 is 0 Å². The normalized spacial score (nSPS) is 12.8. The van der Waals surface area contributed by atoms with E-state index in [1.54, 1.807) is 24.3 Å². The first kappa shape index (κ1) is 8.05. The Morgan fingerprint density at radius 1 is 1.00 bits per heavy atom. The molecule has 0 radical (unpaired) electrons. The molecule has 0 aromatic heterocycles. The molecule has 0 atom stereocenters. The number of nitro benzene ring substituents is 1. The van der Waals surface area contributed by atoms with E-state index in [-0.39, 0.29) is 5.69 Å². The lowest BCUT2D eigenvalue weighted by atomic mass is 10.1. The van der Waals surface area contributed by atoms with Crippen LogP contribution in [0.15, 0.2) is 54.6 Å². The van der Waals surface area contributed by atoms with Gasteiger partial charge in [-0.1, -0.05) is 42.5 Å². The third kappa shape index (κ3) is 2.45. The number of hydrogen-bond donors (Lipinski definition) is 0. The van der Waals surface area contributed by atoms with E-state index < -0.39 is 11.3 Å². The van der Waals surface area contributed by atoms with Crippen molar-refractivity contribution in [3.05, 3.63) is 75.8 Å². The first-order valence-electron chi connectivity index (χ1n) is 5.82. The molecule has 80 valence electrons. The lowest BCUT2D eigenvalue weighted by Gasteiger charge is -2.00. The van der Waals surface area contributed by atoms with Crippen molar-refractivity contribution in [3.63, 3.8) is 0 Å². The fourth-order valence-electron chi connectivity index (χ4n) is 1.35. The van der Waals surface area contributed by atoms with Gasteiger partial charge in [-0.05, 0) is 17.5 Å². The van der Waals surface area contributed by atoms with E-state index >= 15 is 0 Å². The zero-order chi connectivity index (χ0) is 13.2. The van der Waals surface area contributed by atoms with E-state index in [9.17, 15) is 10.1 Å². The van der Waals surface area contributed by atoms with Gasteiger partial charge < -0.3 is 0 Å². The molecule has 0 heterocycles. The molecule has 0 amide bonds. The van der Waals surface area contributed by atoms with Crippen LogP contribution in [0.25, 0.3) is 0 Å². The molecule has 0 N–H and O–H groups in total. The number of nitro groups is 1. The van der Waals surface area contributed by atoms with Gasteiger partial charge in [0, 0.05) is 14.9 Å². The molecule has 2 aromatic rings. The Morgan fingerprint density at radius 2 is 1.56 bits per heavy atom.